The summed E-state index contributed by atoms with van der Waals surface area (Å²) in [6, 6.07) is 12.8. The lowest BCUT2D eigenvalue weighted by Gasteiger charge is -2.49. The summed E-state index contributed by atoms with van der Waals surface area (Å²) in [5.74, 6) is 0.320. The van der Waals surface area contributed by atoms with Gasteiger partial charge in [0.15, 0.2) is 0 Å². The van der Waals surface area contributed by atoms with Crippen LogP contribution in [-0.2, 0) is 26.1 Å². The molecule has 3 heterocycles. The van der Waals surface area contributed by atoms with Gasteiger partial charge in [-0.2, -0.15) is 4.31 Å². The van der Waals surface area contributed by atoms with E-state index in [1.54, 1.807) is 18.3 Å². The fourth-order valence-corrected chi connectivity index (χ4v) is 5.56. The molecule has 2 fully saturated rings. The van der Waals surface area contributed by atoms with Gasteiger partial charge in [0.25, 0.3) is 0 Å². The summed E-state index contributed by atoms with van der Waals surface area (Å²) in [5, 5.41) is 0. The molecule has 0 radical (unpaired) electrons. The van der Waals surface area contributed by atoms with Gasteiger partial charge in [0.2, 0.25) is 10.0 Å². The van der Waals surface area contributed by atoms with Crippen molar-refractivity contribution in [1.29, 1.82) is 0 Å². The predicted molar refractivity (Wildman–Crippen MR) is 105 cm³/mol. The van der Waals surface area contributed by atoms with Crippen LogP contribution in [0.15, 0.2) is 53.6 Å². The molecule has 2 aliphatic rings. The Morgan fingerprint density at radius 3 is 2.71 bits per heavy atom. The van der Waals surface area contributed by atoms with Crippen molar-refractivity contribution in [3.8, 4) is 0 Å². The Bertz CT molecular complexity index is 894. The van der Waals surface area contributed by atoms with Crippen LogP contribution in [0.1, 0.15) is 24.1 Å². The number of aryl methyl sites for hydroxylation is 1. The van der Waals surface area contributed by atoms with Gasteiger partial charge in [0.1, 0.15) is 0 Å². The van der Waals surface area contributed by atoms with Crippen molar-refractivity contribution in [1.82, 2.24) is 9.29 Å². The fourth-order valence-electron chi connectivity index (χ4n) is 4.01. The Hall–Kier alpha value is -1.80. The third-order valence-corrected chi connectivity index (χ3v) is 7.54. The number of rotatable bonds is 7. The van der Waals surface area contributed by atoms with Crippen molar-refractivity contribution >= 4 is 10.0 Å². The van der Waals surface area contributed by atoms with Crippen LogP contribution in [0, 0.1) is 12.8 Å². The van der Waals surface area contributed by atoms with Crippen molar-refractivity contribution in [2.75, 3.05) is 26.3 Å². The second kappa shape index (κ2) is 7.91. The van der Waals surface area contributed by atoms with Crippen LogP contribution in [0.3, 0.4) is 0 Å². The van der Waals surface area contributed by atoms with Gasteiger partial charge in [-0.1, -0.05) is 23.8 Å². The Morgan fingerprint density at radius 2 is 2.00 bits per heavy atom. The highest BCUT2D eigenvalue weighted by Crippen LogP contribution is 2.43. The lowest BCUT2D eigenvalue weighted by molar-refractivity contribution is -0.106. The van der Waals surface area contributed by atoms with Gasteiger partial charge in [0, 0.05) is 32.5 Å². The molecule has 6 nitrogen and oxygen atoms in total. The first kappa shape index (κ1) is 19.5. The molecular formula is C21H26N2O4S. The fraction of sp³-hybridized carbons (Fsp3) is 0.476. The lowest BCUT2D eigenvalue weighted by atomic mass is 9.80. The first-order valence-electron chi connectivity index (χ1n) is 9.68. The SMILES string of the molecule is Cc1ccc(S(=O)(=O)N2CC3(C2)OCC[C@H]3CCOCc2ccccn2)cc1. The van der Waals surface area contributed by atoms with Crippen LogP contribution in [0.25, 0.3) is 0 Å². The molecule has 0 aliphatic carbocycles. The molecule has 0 unspecified atom stereocenters. The largest absolute Gasteiger partial charge is 0.375 e. The van der Waals surface area contributed by atoms with Crippen LogP contribution in [0.2, 0.25) is 0 Å². The van der Waals surface area contributed by atoms with E-state index in [1.807, 2.05) is 37.3 Å². The Morgan fingerprint density at radius 1 is 1.21 bits per heavy atom. The molecule has 1 spiro atoms. The van der Waals surface area contributed by atoms with Crippen LogP contribution < -0.4 is 0 Å². The number of aromatic nitrogens is 1. The first-order chi connectivity index (χ1) is 13.5. The molecule has 4 rings (SSSR count). The number of ether oxygens (including phenoxy) is 2. The molecule has 150 valence electrons. The maximum Gasteiger partial charge on any atom is 0.243 e. The van der Waals surface area contributed by atoms with E-state index in [0.717, 1.165) is 24.1 Å². The molecule has 0 bridgehead atoms. The van der Waals surface area contributed by atoms with Gasteiger partial charge in [-0.25, -0.2) is 8.42 Å². The molecule has 2 saturated heterocycles. The van der Waals surface area contributed by atoms with Crippen LogP contribution in [0.5, 0.6) is 0 Å². The topological polar surface area (TPSA) is 68.7 Å². The summed E-state index contributed by atoms with van der Waals surface area (Å²) >= 11 is 0. The summed E-state index contributed by atoms with van der Waals surface area (Å²) in [5.41, 5.74) is 1.61. The minimum atomic E-state index is -3.45. The van der Waals surface area contributed by atoms with Crippen molar-refractivity contribution in [3.05, 3.63) is 59.9 Å². The summed E-state index contributed by atoms with van der Waals surface area (Å²) < 4.78 is 39.0. The first-order valence-corrected chi connectivity index (χ1v) is 11.1. The molecule has 1 aromatic carbocycles. The zero-order chi connectivity index (χ0) is 19.6. The summed E-state index contributed by atoms with van der Waals surface area (Å²) in [7, 11) is -3.45. The van der Waals surface area contributed by atoms with E-state index in [2.05, 4.69) is 4.98 Å². The number of nitrogens with zero attached hydrogens (tertiary/aromatic N) is 2. The number of sulfonamides is 1. The second-order valence-electron chi connectivity index (χ2n) is 7.65. The third kappa shape index (κ3) is 3.85. The van der Waals surface area contributed by atoms with Gasteiger partial charge >= 0.3 is 0 Å². The highest BCUT2D eigenvalue weighted by molar-refractivity contribution is 7.89. The monoisotopic (exact) mass is 402 g/mol. The van der Waals surface area contributed by atoms with Crippen molar-refractivity contribution < 1.29 is 17.9 Å². The quantitative estimate of drug-likeness (QED) is 0.666. The number of benzene rings is 1. The molecule has 0 saturated carbocycles. The van der Waals surface area contributed by atoms with E-state index in [9.17, 15) is 8.42 Å². The average Bonchev–Trinajstić information content (AvgIpc) is 3.09. The van der Waals surface area contributed by atoms with Crippen molar-refractivity contribution in [3.63, 3.8) is 0 Å². The molecule has 0 amide bonds. The normalized spacial score (nSPS) is 21.7. The molecule has 0 N–H and O–H groups in total. The van der Waals surface area contributed by atoms with E-state index >= 15 is 0 Å². The van der Waals surface area contributed by atoms with Crippen LogP contribution in [-0.4, -0.2) is 49.6 Å². The van der Waals surface area contributed by atoms with Gasteiger partial charge in [-0.3, -0.25) is 4.98 Å². The summed E-state index contributed by atoms with van der Waals surface area (Å²) in [4.78, 5) is 4.60. The standard InChI is InChI=1S/C21H26N2O4S/c1-17-5-7-20(8-6-17)28(24,25)23-15-21(16-23)18(10-13-27-21)9-12-26-14-19-4-2-3-11-22-19/h2-8,11,18H,9-10,12-16H2,1H3/t18-/m1/s1. The Kier molecular flexibility index (Phi) is 5.51. The molecule has 1 atom stereocenters. The van der Waals surface area contributed by atoms with Gasteiger partial charge in [-0.15, -0.1) is 0 Å². The maximum absolute atomic E-state index is 12.8. The molecule has 2 aromatic rings. The Labute approximate surface area is 166 Å². The lowest BCUT2D eigenvalue weighted by Crippen LogP contribution is -2.65. The minimum absolute atomic E-state index is 0.320. The van der Waals surface area contributed by atoms with Crippen LogP contribution >= 0.6 is 0 Å². The predicted octanol–water partition coefficient (Wildman–Crippen LogP) is 2.78. The van der Waals surface area contributed by atoms with Gasteiger partial charge in [0.05, 0.1) is 22.8 Å². The Balaban J connectivity index is 1.31. The third-order valence-electron chi connectivity index (χ3n) is 5.73. The molecule has 7 heteroatoms. The van der Waals surface area contributed by atoms with E-state index in [4.69, 9.17) is 9.47 Å². The number of pyridine rings is 1. The average molecular weight is 403 g/mol. The van der Waals surface area contributed by atoms with E-state index in [0.29, 0.717) is 43.7 Å². The smallest absolute Gasteiger partial charge is 0.243 e. The van der Waals surface area contributed by atoms with E-state index in [-0.39, 0.29) is 5.60 Å². The van der Waals surface area contributed by atoms with Gasteiger partial charge < -0.3 is 9.47 Å². The zero-order valence-corrected chi connectivity index (χ0v) is 16.9. The molecule has 1 aromatic heterocycles. The summed E-state index contributed by atoms with van der Waals surface area (Å²) in [6.45, 7) is 4.60. The van der Waals surface area contributed by atoms with Crippen LogP contribution in [0.4, 0.5) is 0 Å². The zero-order valence-electron chi connectivity index (χ0n) is 16.1. The minimum Gasteiger partial charge on any atom is -0.375 e. The van der Waals surface area contributed by atoms with E-state index < -0.39 is 10.0 Å². The summed E-state index contributed by atoms with van der Waals surface area (Å²) in [6.07, 6.45) is 3.58. The second-order valence-corrected chi connectivity index (χ2v) is 9.59. The molecule has 28 heavy (non-hydrogen) atoms. The van der Waals surface area contributed by atoms with Crippen molar-refractivity contribution in [2.24, 2.45) is 5.92 Å². The van der Waals surface area contributed by atoms with Crippen molar-refractivity contribution in [2.45, 2.75) is 36.9 Å². The molecular weight excluding hydrogens is 376 g/mol. The molecule has 2 aliphatic heterocycles. The maximum atomic E-state index is 12.8. The highest BCUT2D eigenvalue weighted by Gasteiger charge is 2.56. The van der Waals surface area contributed by atoms with E-state index in [1.165, 1.54) is 4.31 Å². The number of hydrogen-bond donors (Lipinski definition) is 0. The number of hydrogen-bond acceptors (Lipinski definition) is 5. The highest BCUT2D eigenvalue weighted by atomic mass is 32.2. The van der Waals surface area contributed by atoms with Gasteiger partial charge in [-0.05, 0) is 49.9 Å².